The fourth-order valence-corrected chi connectivity index (χ4v) is 2.58. The lowest BCUT2D eigenvalue weighted by atomic mass is 9.98. The Morgan fingerprint density at radius 1 is 1.41 bits per heavy atom. The molecule has 0 aromatic heterocycles. The molecule has 0 radical (unpaired) electrons. The van der Waals surface area contributed by atoms with Crippen LogP contribution in [0.1, 0.15) is 18.1 Å². The Morgan fingerprint density at radius 3 is 2.82 bits per heavy atom. The Labute approximate surface area is 126 Å². The maximum atomic E-state index is 11.1. The normalized spacial score (nSPS) is 16.2. The zero-order chi connectivity index (χ0) is 15.9. The molecule has 0 spiro atoms. The average molecular weight is 296 g/mol. The van der Waals surface area contributed by atoms with E-state index in [4.69, 9.17) is 14.7 Å². The van der Waals surface area contributed by atoms with Crippen LogP contribution >= 0.6 is 0 Å². The summed E-state index contributed by atoms with van der Waals surface area (Å²) in [5.74, 6) is 1.01. The molecule has 1 aliphatic heterocycles. The zero-order valence-electron chi connectivity index (χ0n) is 12.0. The third kappa shape index (κ3) is 2.04. The predicted octanol–water partition coefficient (Wildman–Crippen LogP) is 3.12. The van der Waals surface area contributed by atoms with Gasteiger partial charge in [0.2, 0.25) is 0 Å². The molecule has 1 aliphatic rings. The highest BCUT2D eigenvalue weighted by Gasteiger charge is 2.28. The minimum atomic E-state index is -0.611. The van der Waals surface area contributed by atoms with Gasteiger partial charge in [-0.2, -0.15) is 5.26 Å². The lowest BCUT2D eigenvalue weighted by Gasteiger charge is -2.20. The number of nitrogens with zero attached hydrogens (tertiary/aromatic N) is 2. The van der Waals surface area contributed by atoms with Gasteiger partial charge in [0, 0.05) is 11.6 Å². The summed E-state index contributed by atoms with van der Waals surface area (Å²) in [7, 11) is 1.48. The highest BCUT2D eigenvalue weighted by Crippen LogP contribution is 2.37. The molecular formula is C16H12N2O4. The summed E-state index contributed by atoms with van der Waals surface area (Å²) < 4.78 is 10.8. The number of hydrogen-bond donors (Lipinski definition) is 0. The van der Waals surface area contributed by atoms with Crippen molar-refractivity contribution < 1.29 is 14.4 Å². The van der Waals surface area contributed by atoms with Crippen molar-refractivity contribution in [3.05, 3.63) is 51.2 Å². The van der Waals surface area contributed by atoms with Crippen molar-refractivity contribution in [1.29, 1.82) is 5.26 Å². The monoisotopic (exact) mass is 296 g/mol. The number of hydrogen-bond acceptors (Lipinski definition) is 5. The quantitative estimate of drug-likeness (QED) is 0.627. The van der Waals surface area contributed by atoms with E-state index in [2.05, 4.69) is 6.07 Å². The zero-order valence-corrected chi connectivity index (χ0v) is 12.0. The van der Waals surface area contributed by atoms with Gasteiger partial charge in [-0.25, -0.2) is 0 Å². The standard InChI is InChI=1S/C16H12N2O4/c1-9-14(18(19)20)6-13-12-7-16(21-2)11(8-17)5-10(12)3-4-15(13)22-9/h3-7,9H,1-2H3. The Bertz CT molecular complexity index is 865. The highest BCUT2D eigenvalue weighted by molar-refractivity contribution is 5.95. The van der Waals surface area contributed by atoms with E-state index in [0.717, 1.165) is 10.8 Å². The van der Waals surface area contributed by atoms with Gasteiger partial charge in [0.15, 0.2) is 6.10 Å². The van der Waals surface area contributed by atoms with E-state index in [1.54, 1.807) is 25.1 Å². The van der Waals surface area contributed by atoms with Gasteiger partial charge in [-0.15, -0.1) is 0 Å². The number of ether oxygens (including phenoxy) is 2. The smallest absolute Gasteiger partial charge is 0.286 e. The molecule has 0 fully saturated rings. The van der Waals surface area contributed by atoms with Crippen molar-refractivity contribution in [2.75, 3.05) is 7.11 Å². The van der Waals surface area contributed by atoms with Gasteiger partial charge in [-0.05, 0) is 35.9 Å². The van der Waals surface area contributed by atoms with E-state index in [1.807, 2.05) is 6.07 Å². The van der Waals surface area contributed by atoms with E-state index in [0.29, 0.717) is 22.6 Å². The SMILES string of the molecule is COc1cc2c3c(ccc2cc1C#N)OC(C)C([N+](=O)[O-])=C3. The van der Waals surface area contributed by atoms with E-state index in [9.17, 15) is 10.1 Å². The van der Waals surface area contributed by atoms with Crippen LogP contribution < -0.4 is 9.47 Å². The second-order valence-electron chi connectivity index (χ2n) is 4.95. The van der Waals surface area contributed by atoms with Gasteiger partial charge >= 0.3 is 0 Å². The maximum absolute atomic E-state index is 11.1. The summed E-state index contributed by atoms with van der Waals surface area (Å²) in [6, 6.07) is 9.07. The molecule has 1 atom stereocenters. The molecule has 0 saturated heterocycles. The van der Waals surface area contributed by atoms with Crippen LogP contribution in [0.4, 0.5) is 0 Å². The third-order valence-electron chi connectivity index (χ3n) is 3.69. The number of nitro groups is 1. The molecule has 3 rings (SSSR count). The van der Waals surface area contributed by atoms with Gasteiger partial charge in [-0.3, -0.25) is 10.1 Å². The van der Waals surface area contributed by atoms with Gasteiger partial charge < -0.3 is 9.47 Å². The molecule has 6 nitrogen and oxygen atoms in total. The van der Waals surface area contributed by atoms with Crippen molar-refractivity contribution >= 4 is 16.8 Å². The molecular weight excluding hydrogens is 284 g/mol. The van der Waals surface area contributed by atoms with Crippen LogP contribution in [0.15, 0.2) is 30.0 Å². The van der Waals surface area contributed by atoms with Crippen LogP contribution in [-0.2, 0) is 0 Å². The van der Waals surface area contributed by atoms with Crippen LogP contribution in [0, 0.1) is 21.4 Å². The molecule has 2 aromatic carbocycles. The van der Waals surface area contributed by atoms with E-state index in [-0.39, 0.29) is 5.70 Å². The van der Waals surface area contributed by atoms with Crippen LogP contribution in [0.3, 0.4) is 0 Å². The van der Waals surface area contributed by atoms with Crippen LogP contribution in [-0.4, -0.2) is 18.1 Å². The first-order valence-corrected chi connectivity index (χ1v) is 6.62. The number of fused-ring (bicyclic) bond motifs is 3. The lowest BCUT2D eigenvalue weighted by Crippen LogP contribution is -2.23. The minimum Gasteiger partial charge on any atom is -0.495 e. The molecule has 1 unspecified atom stereocenters. The molecule has 0 amide bonds. The average Bonchev–Trinajstić information content (AvgIpc) is 2.52. The first-order valence-electron chi connectivity index (χ1n) is 6.62. The largest absolute Gasteiger partial charge is 0.495 e. The summed E-state index contributed by atoms with van der Waals surface area (Å²) >= 11 is 0. The Hall–Kier alpha value is -3.07. The predicted molar refractivity (Wildman–Crippen MR) is 80.3 cm³/mol. The number of methoxy groups -OCH3 is 1. The van der Waals surface area contributed by atoms with Crippen LogP contribution in [0.5, 0.6) is 11.5 Å². The van der Waals surface area contributed by atoms with Crippen molar-refractivity contribution in [3.8, 4) is 17.6 Å². The first-order chi connectivity index (χ1) is 10.5. The molecule has 6 heteroatoms. The molecule has 22 heavy (non-hydrogen) atoms. The van der Waals surface area contributed by atoms with Crippen LogP contribution in [0.25, 0.3) is 16.8 Å². The van der Waals surface area contributed by atoms with Gasteiger partial charge in [0.1, 0.15) is 17.6 Å². The van der Waals surface area contributed by atoms with E-state index < -0.39 is 11.0 Å². The number of rotatable bonds is 2. The van der Waals surface area contributed by atoms with Gasteiger partial charge in [0.25, 0.3) is 5.70 Å². The summed E-state index contributed by atoms with van der Waals surface area (Å²) in [6.07, 6.45) is 0.914. The van der Waals surface area contributed by atoms with Crippen LogP contribution in [0.2, 0.25) is 0 Å². The second-order valence-corrected chi connectivity index (χ2v) is 4.95. The third-order valence-corrected chi connectivity index (χ3v) is 3.69. The Kier molecular flexibility index (Phi) is 3.18. The summed E-state index contributed by atoms with van der Waals surface area (Å²) in [6.45, 7) is 1.64. The summed E-state index contributed by atoms with van der Waals surface area (Å²) in [5, 5.41) is 21.8. The topological polar surface area (TPSA) is 85.4 Å². The highest BCUT2D eigenvalue weighted by atomic mass is 16.6. The number of benzene rings is 2. The minimum absolute atomic E-state index is 0.00308. The molecule has 0 N–H and O–H groups in total. The fraction of sp³-hybridized carbons (Fsp3) is 0.188. The van der Waals surface area contributed by atoms with Crippen molar-refractivity contribution in [2.24, 2.45) is 0 Å². The molecule has 2 aromatic rings. The summed E-state index contributed by atoms with van der Waals surface area (Å²) in [4.78, 5) is 10.7. The summed E-state index contributed by atoms with van der Waals surface area (Å²) in [5.41, 5.74) is 1.05. The molecule has 1 heterocycles. The lowest BCUT2D eigenvalue weighted by molar-refractivity contribution is -0.433. The van der Waals surface area contributed by atoms with Gasteiger partial charge in [-0.1, -0.05) is 6.07 Å². The number of nitriles is 1. The Morgan fingerprint density at radius 2 is 2.18 bits per heavy atom. The Balaban J connectivity index is 2.32. The maximum Gasteiger partial charge on any atom is 0.286 e. The molecule has 0 aliphatic carbocycles. The van der Waals surface area contributed by atoms with Crippen molar-refractivity contribution in [2.45, 2.75) is 13.0 Å². The van der Waals surface area contributed by atoms with Crippen molar-refractivity contribution in [3.63, 3.8) is 0 Å². The molecule has 0 saturated carbocycles. The van der Waals surface area contributed by atoms with Gasteiger partial charge in [0.05, 0.1) is 17.6 Å². The molecule has 110 valence electrons. The first kappa shape index (κ1) is 13.9. The van der Waals surface area contributed by atoms with E-state index in [1.165, 1.54) is 13.2 Å². The second kappa shape index (κ2) is 5.04. The molecule has 0 bridgehead atoms. The van der Waals surface area contributed by atoms with E-state index >= 15 is 0 Å². The van der Waals surface area contributed by atoms with Crippen molar-refractivity contribution in [1.82, 2.24) is 0 Å². The fourth-order valence-electron chi connectivity index (χ4n) is 2.58.